The van der Waals surface area contributed by atoms with Gasteiger partial charge in [-0.15, -0.1) is 10.2 Å². The predicted octanol–water partition coefficient (Wildman–Crippen LogP) is 0.323. The van der Waals surface area contributed by atoms with Crippen molar-refractivity contribution in [2.45, 2.75) is 40.7 Å². The van der Waals surface area contributed by atoms with E-state index in [2.05, 4.69) is 20.4 Å². The molecule has 2 heterocycles. The van der Waals surface area contributed by atoms with Crippen LogP contribution in [0.5, 0.6) is 0 Å². The Bertz CT molecular complexity index is 611. The summed E-state index contributed by atoms with van der Waals surface area (Å²) < 4.78 is 1.95. The molecule has 0 bridgehead atoms. The molecule has 1 aliphatic rings. The number of hydrogen-bond acceptors (Lipinski definition) is 5. The zero-order valence-electron chi connectivity index (χ0n) is 15.5. The van der Waals surface area contributed by atoms with Gasteiger partial charge in [-0.3, -0.25) is 9.59 Å². The molecule has 134 valence electrons. The maximum atomic E-state index is 12.5. The molecule has 2 rings (SSSR count). The summed E-state index contributed by atoms with van der Waals surface area (Å²) >= 11 is 0. The molecule has 1 aromatic heterocycles. The van der Waals surface area contributed by atoms with Gasteiger partial charge in [0, 0.05) is 38.6 Å². The number of nitrogens with zero attached hydrogens (tertiary/aromatic N) is 5. The quantitative estimate of drug-likeness (QED) is 0.860. The highest BCUT2D eigenvalue weighted by atomic mass is 16.2. The van der Waals surface area contributed by atoms with Crippen LogP contribution in [-0.4, -0.2) is 63.7 Å². The molecule has 1 aromatic rings. The Morgan fingerprint density at radius 2 is 1.71 bits per heavy atom. The second-order valence-electron chi connectivity index (χ2n) is 7.36. The Balaban J connectivity index is 1.90. The largest absolute Gasteiger partial charge is 0.344 e. The Morgan fingerprint density at radius 3 is 2.17 bits per heavy atom. The standard InChI is InChI=1S/C16H28N6O2/c1-11(17-14(24)16(3,4)5)13(23)21-7-9-22(10-8-21)15-19-18-12(2)20(15)6/h11H,7-10H2,1-6H3,(H,17,24). The zero-order chi connectivity index (χ0) is 18.1. The van der Waals surface area contributed by atoms with Crippen LogP contribution >= 0.6 is 0 Å². The van der Waals surface area contributed by atoms with E-state index in [0.29, 0.717) is 26.2 Å². The third-order valence-corrected chi connectivity index (χ3v) is 4.34. The Labute approximate surface area is 143 Å². The summed E-state index contributed by atoms with van der Waals surface area (Å²) in [6, 6.07) is -0.514. The molecular formula is C16H28N6O2. The smallest absolute Gasteiger partial charge is 0.244 e. The predicted molar refractivity (Wildman–Crippen MR) is 91.6 cm³/mol. The fourth-order valence-electron chi connectivity index (χ4n) is 2.55. The SMILES string of the molecule is Cc1nnc(N2CCN(C(=O)C(C)NC(=O)C(C)(C)C)CC2)n1C. The van der Waals surface area contributed by atoms with Crippen LogP contribution in [0.25, 0.3) is 0 Å². The molecule has 1 N–H and O–H groups in total. The second kappa shape index (κ2) is 6.78. The molecule has 8 heteroatoms. The normalized spacial score (nSPS) is 16.9. The first-order chi connectivity index (χ1) is 11.1. The summed E-state index contributed by atoms with van der Waals surface area (Å²) in [6.45, 7) is 11.8. The van der Waals surface area contributed by atoms with Crippen molar-refractivity contribution in [1.29, 1.82) is 0 Å². The molecular weight excluding hydrogens is 308 g/mol. The minimum Gasteiger partial charge on any atom is -0.344 e. The van der Waals surface area contributed by atoms with Crippen molar-refractivity contribution in [1.82, 2.24) is 25.0 Å². The first-order valence-electron chi connectivity index (χ1n) is 8.32. The van der Waals surface area contributed by atoms with Gasteiger partial charge in [-0.25, -0.2) is 0 Å². The summed E-state index contributed by atoms with van der Waals surface area (Å²) in [6.07, 6.45) is 0. The number of aromatic nitrogens is 3. The number of hydrogen-bond donors (Lipinski definition) is 1. The number of rotatable bonds is 3. The molecule has 1 atom stereocenters. The van der Waals surface area contributed by atoms with Crippen molar-refractivity contribution in [3.63, 3.8) is 0 Å². The fraction of sp³-hybridized carbons (Fsp3) is 0.750. The van der Waals surface area contributed by atoms with E-state index in [1.807, 2.05) is 39.3 Å². The lowest BCUT2D eigenvalue weighted by atomic mass is 9.95. The lowest BCUT2D eigenvalue weighted by Crippen LogP contribution is -2.55. The molecule has 0 spiro atoms. The summed E-state index contributed by atoms with van der Waals surface area (Å²) in [4.78, 5) is 28.5. The molecule has 0 saturated carbocycles. The van der Waals surface area contributed by atoms with E-state index >= 15 is 0 Å². The van der Waals surface area contributed by atoms with Crippen LogP contribution in [0.4, 0.5) is 5.95 Å². The van der Waals surface area contributed by atoms with E-state index in [1.165, 1.54) is 0 Å². The zero-order valence-corrected chi connectivity index (χ0v) is 15.5. The van der Waals surface area contributed by atoms with E-state index in [9.17, 15) is 9.59 Å². The third kappa shape index (κ3) is 3.85. The van der Waals surface area contributed by atoms with Gasteiger partial charge in [0.15, 0.2) is 0 Å². The van der Waals surface area contributed by atoms with Crippen molar-refractivity contribution < 1.29 is 9.59 Å². The number of carbonyl (C=O) groups is 2. The first kappa shape index (κ1) is 18.2. The van der Waals surface area contributed by atoms with Crippen LogP contribution in [0.3, 0.4) is 0 Å². The van der Waals surface area contributed by atoms with Gasteiger partial charge in [0.05, 0.1) is 0 Å². The summed E-state index contributed by atoms with van der Waals surface area (Å²) in [5, 5.41) is 11.1. The molecule has 1 aliphatic heterocycles. The molecule has 2 amide bonds. The summed E-state index contributed by atoms with van der Waals surface area (Å²) in [7, 11) is 1.94. The van der Waals surface area contributed by atoms with E-state index in [1.54, 1.807) is 11.8 Å². The highest BCUT2D eigenvalue weighted by Crippen LogP contribution is 2.15. The van der Waals surface area contributed by atoms with Crippen molar-refractivity contribution in [3.8, 4) is 0 Å². The van der Waals surface area contributed by atoms with Crippen molar-refractivity contribution in [2.24, 2.45) is 12.5 Å². The third-order valence-electron chi connectivity index (χ3n) is 4.34. The Hall–Kier alpha value is -2.12. The Morgan fingerprint density at radius 1 is 1.12 bits per heavy atom. The lowest BCUT2D eigenvalue weighted by molar-refractivity contribution is -0.138. The highest BCUT2D eigenvalue weighted by Gasteiger charge is 2.30. The number of aryl methyl sites for hydroxylation is 1. The molecule has 1 saturated heterocycles. The minimum absolute atomic E-state index is 0.0404. The lowest BCUT2D eigenvalue weighted by Gasteiger charge is -2.36. The van der Waals surface area contributed by atoms with Crippen LogP contribution in [0.2, 0.25) is 0 Å². The maximum absolute atomic E-state index is 12.5. The summed E-state index contributed by atoms with van der Waals surface area (Å²) in [5.74, 6) is 1.54. The molecule has 0 aromatic carbocycles. The monoisotopic (exact) mass is 336 g/mol. The van der Waals surface area contributed by atoms with Crippen LogP contribution in [0, 0.1) is 12.3 Å². The van der Waals surface area contributed by atoms with Gasteiger partial charge in [-0.2, -0.15) is 0 Å². The summed E-state index contributed by atoms with van der Waals surface area (Å²) in [5.41, 5.74) is -0.504. The molecule has 24 heavy (non-hydrogen) atoms. The molecule has 1 fully saturated rings. The number of carbonyl (C=O) groups excluding carboxylic acids is 2. The second-order valence-corrected chi connectivity index (χ2v) is 7.36. The van der Waals surface area contributed by atoms with Crippen LogP contribution in [0.15, 0.2) is 0 Å². The van der Waals surface area contributed by atoms with E-state index in [-0.39, 0.29) is 11.8 Å². The number of anilines is 1. The minimum atomic E-state index is -0.514. The van der Waals surface area contributed by atoms with Crippen LogP contribution in [-0.2, 0) is 16.6 Å². The molecule has 8 nitrogen and oxygen atoms in total. The molecule has 1 unspecified atom stereocenters. The Kier molecular flexibility index (Phi) is 5.15. The van der Waals surface area contributed by atoms with Crippen LogP contribution < -0.4 is 10.2 Å². The van der Waals surface area contributed by atoms with Gasteiger partial charge in [-0.05, 0) is 13.8 Å². The van der Waals surface area contributed by atoms with Gasteiger partial charge in [0.2, 0.25) is 17.8 Å². The number of piperazine rings is 1. The van der Waals surface area contributed by atoms with E-state index in [0.717, 1.165) is 11.8 Å². The highest BCUT2D eigenvalue weighted by molar-refractivity contribution is 5.89. The van der Waals surface area contributed by atoms with Gasteiger partial charge in [-0.1, -0.05) is 20.8 Å². The van der Waals surface area contributed by atoms with Crippen molar-refractivity contribution >= 4 is 17.8 Å². The van der Waals surface area contributed by atoms with E-state index < -0.39 is 11.5 Å². The maximum Gasteiger partial charge on any atom is 0.244 e. The average Bonchev–Trinajstić information content (AvgIpc) is 2.85. The van der Waals surface area contributed by atoms with Gasteiger partial charge in [0.25, 0.3) is 0 Å². The van der Waals surface area contributed by atoms with Crippen LogP contribution in [0.1, 0.15) is 33.5 Å². The first-order valence-corrected chi connectivity index (χ1v) is 8.32. The van der Waals surface area contributed by atoms with E-state index in [4.69, 9.17) is 0 Å². The molecule has 0 aliphatic carbocycles. The van der Waals surface area contributed by atoms with Gasteiger partial charge >= 0.3 is 0 Å². The van der Waals surface area contributed by atoms with Crippen molar-refractivity contribution in [3.05, 3.63) is 5.82 Å². The van der Waals surface area contributed by atoms with Gasteiger partial charge < -0.3 is 19.7 Å². The van der Waals surface area contributed by atoms with Gasteiger partial charge in [0.1, 0.15) is 11.9 Å². The number of amides is 2. The number of nitrogens with one attached hydrogen (secondary N) is 1. The average molecular weight is 336 g/mol. The molecule has 0 radical (unpaired) electrons. The topological polar surface area (TPSA) is 83.4 Å². The fourth-order valence-corrected chi connectivity index (χ4v) is 2.55. The van der Waals surface area contributed by atoms with Crippen molar-refractivity contribution in [2.75, 3.05) is 31.1 Å².